The van der Waals surface area contributed by atoms with Crippen LogP contribution in [-0.2, 0) is 9.53 Å². The minimum atomic E-state index is -0.173. The molecule has 0 saturated carbocycles. The third kappa shape index (κ3) is 5.31. The van der Waals surface area contributed by atoms with Gasteiger partial charge in [-0.3, -0.25) is 14.5 Å². The third-order valence-corrected chi connectivity index (χ3v) is 4.77. The van der Waals surface area contributed by atoms with Gasteiger partial charge in [-0.1, -0.05) is 16.8 Å². The van der Waals surface area contributed by atoms with E-state index in [1.165, 1.54) is 0 Å². The van der Waals surface area contributed by atoms with Gasteiger partial charge in [0.15, 0.2) is 11.5 Å². The highest BCUT2D eigenvalue weighted by Crippen LogP contribution is 2.23. The van der Waals surface area contributed by atoms with Gasteiger partial charge in [0, 0.05) is 56.5 Å². The Morgan fingerprint density at radius 3 is 2.61 bits per heavy atom. The maximum Gasteiger partial charge on any atom is 0.276 e. The van der Waals surface area contributed by atoms with Crippen LogP contribution in [0, 0.1) is 0 Å². The molecule has 150 valence electrons. The largest absolute Gasteiger partial charge is 0.383 e. The van der Waals surface area contributed by atoms with Crippen molar-refractivity contribution >= 4 is 23.4 Å². The molecule has 0 bridgehead atoms. The quantitative estimate of drug-likeness (QED) is 0.701. The second-order valence-corrected chi connectivity index (χ2v) is 6.93. The smallest absolute Gasteiger partial charge is 0.276 e. The molecule has 28 heavy (non-hydrogen) atoms. The molecular formula is C19H23ClN4O4. The molecule has 0 unspecified atom stereocenters. The summed E-state index contributed by atoms with van der Waals surface area (Å²) in [4.78, 5) is 28.3. The van der Waals surface area contributed by atoms with Crippen LogP contribution < -0.4 is 5.32 Å². The number of nitrogens with zero attached hydrogens (tertiary/aromatic N) is 3. The highest BCUT2D eigenvalue weighted by Gasteiger charge is 2.25. The summed E-state index contributed by atoms with van der Waals surface area (Å²) >= 11 is 5.89. The second-order valence-electron chi connectivity index (χ2n) is 6.49. The lowest BCUT2D eigenvalue weighted by atomic mass is 10.1. The summed E-state index contributed by atoms with van der Waals surface area (Å²) in [5, 5.41) is 7.34. The molecule has 1 saturated heterocycles. The maximum absolute atomic E-state index is 12.7. The average Bonchev–Trinajstić information content (AvgIpc) is 3.19. The molecule has 1 fully saturated rings. The Kier molecular flexibility index (Phi) is 7.02. The number of hydrogen-bond donors (Lipinski definition) is 1. The van der Waals surface area contributed by atoms with Crippen molar-refractivity contribution in [2.75, 3.05) is 53.0 Å². The number of carbonyl (C=O) groups excluding carboxylic acids is 2. The van der Waals surface area contributed by atoms with Crippen LogP contribution in [0.15, 0.2) is 34.9 Å². The lowest BCUT2D eigenvalue weighted by molar-refractivity contribution is -0.122. The molecule has 0 spiro atoms. The maximum atomic E-state index is 12.7. The van der Waals surface area contributed by atoms with Gasteiger partial charge in [-0.05, 0) is 24.3 Å². The van der Waals surface area contributed by atoms with E-state index in [0.29, 0.717) is 56.7 Å². The minimum Gasteiger partial charge on any atom is -0.383 e. The molecule has 0 radical (unpaired) electrons. The fourth-order valence-corrected chi connectivity index (χ4v) is 3.07. The number of hydrogen-bond acceptors (Lipinski definition) is 6. The van der Waals surface area contributed by atoms with Crippen LogP contribution in [0.25, 0.3) is 11.3 Å². The fourth-order valence-electron chi connectivity index (χ4n) is 2.95. The van der Waals surface area contributed by atoms with Crippen molar-refractivity contribution in [3.8, 4) is 11.3 Å². The number of nitrogens with one attached hydrogen (secondary N) is 1. The topological polar surface area (TPSA) is 87.9 Å². The van der Waals surface area contributed by atoms with Crippen molar-refractivity contribution in [1.82, 2.24) is 20.3 Å². The normalized spacial score (nSPS) is 14.9. The summed E-state index contributed by atoms with van der Waals surface area (Å²) in [5.74, 6) is 0.306. The standard InChI is InChI=1S/C19H23ClN4O4/c1-27-11-6-21-18(25)13-23-7-9-24(10-8-23)19(26)16-12-17(28-22-16)14-2-4-15(20)5-3-14/h2-5,12H,6-11,13H2,1H3,(H,21,25). The molecule has 0 atom stereocenters. The molecule has 1 aliphatic heterocycles. The van der Waals surface area contributed by atoms with Gasteiger partial charge >= 0.3 is 0 Å². The van der Waals surface area contributed by atoms with Gasteiger partial charge in [0.25, 0.3) is 5.91 Å². The molecular weight excluding hydrogens is 384 g/mol. The van der Waals surface area contributed by atoms with Crippen LogP contribution in [0.3, 0.4) is 0 Å². The third-order valence-electron chi connectivity index (χ3n) is 4.51. The van der Waals surface area contributed by atoms with Gasteiger partial charge in [-0.2, -0.15) is 0 Å². The number of methoxy groups -OCH3 is 1. The van der Waals surface area contributed by atoms with Crippen molar-refractivity contribution in [2.45, 2.75) is 0 Å². The number of aromatic nitrogens is 1. The van der Waals surface area contributed by atoms with E-state index in [1.54, 1.807) is 30.2 Å². The minimum absolute atomic E-state index is 0.0408. The number of rotatable bonds is 7. The number of piperazine rings is 1. The van der Waals surface area contributed by atoms with E-state index in [0.717, 1.165) is 5.56 Å². The summed E-state index contributed by atoms with van der Waals surface area (Å²) in [7, 11) is 1.59. The SMILES string of the molecule is COCCNC(=O)CN1CCN(C(=O)c2cc(-c3ccc(Cl)cc3)on2)CC1. The lowest BCUT2D eigenvalue weighted by Crippen LogP contribution is -2.51. The Bertz CT molecular complexity index is 801. The zero-order valence-electron chi connectivity index (χ0n) is 15.7. The Morgan fingerprint density at radius 1 is 1.21 bits per heavy atom. The number of carbonyl (C=O) groups is 2. The molecule has 9 heteroatoms. The van der Waals surface area contributed by atoms with Gasteiger partial charge in [0.2, 0.25) is 5.91 Å². The van der Waals surface area contributed by atoms with E-state index in [-0.39, 0.29) is 17.5 Å². The zero-order valence-corrected chi connectivity index (χ0v) is 16.4. The number of amides is 2. The van der Waals surface area contributed by atoms with E-state index >= 15 is 0 Å². The molecule has 1 aromatic carbocycles. The predicted octanol–water partition coefficient (Wildman–Crippen LogP) is 1.52. The first-order valence-electron chi connectivity index (χ1n) is 9.07. The first-order valence-corrected chi connectivity index (χ1v) is 9.44. The van der Waals surface area contributed by atoms with E-state index in [9.17, 15) is 9.59 Å². The molecule has 1 N–H and O–H groups in total. The first kappa shape index (κ1) is 20.3. The molecule has 2 heterocycles. The Hall–Kier alpha value is -2.42. The summed E-state index contributed by atoms with van der Waals surface area (Å²) in [6, 6.07) is 8.78. The average molecular weight is 407 g/mol. The zero-order chi connectivity index (χ0) is 19.9. The number of benzene rings is 1. The van der Waals surface area contributed by atoms with Crippen LogP contribution in [0.4, 0.5) is 0 Å². The summed E-state index contributed by atoms with van der Waals surface area (Å²) in [6.07, 6.45) is 0. The van der Waals surface area contributed by atoms with Crippen molar-refractivity contribution < 1.29 is 18.8 Å². The van der Waals surface area contributed by atoms with Gasteiger partial charge < -0.3 is 19.5 Å². The van der Waals surface area contributed by atoms with E-state index < -0.39 is 0 Å². The van der Waals surface area contributed by atoms with Crippen molar-refractivity contribution in [2.24, 2.45) is 0 Å². The molecule has 3 rings (SSSR count). The van der Waals surface area contributed by atoms with Crippen LogP contribution >= 0.6 is 11.6 Å². The van der Waals surface area contributed by atoms with Gasteiger partial charge in [-0.15, -0.1) is 0 Å². The summed E-state index contributed by atoms with van der Waals surface area (Å²) < 4.78 is 10.2. The summed E-state index contributed by atoms with van der Waals surface area (Å²) in [6.45, 7) is 3.63. The Morgan fingerprint density at radius 2 is 1.93 bits per heavy atom. The van der Waals surface area contributed by atoms with Crippen LogP contribution in [-0.4, -0.2) is 79.8 Å². The highest BCUT2D eigenvalue weighted by molar-refractivity contribution is 6.30. The van der Waals surface area contributed by atoms with Crippen molar-refractivity contribution in [3.63, 3.8) is 0 Å². The second kappa shape index (κ2) is 9.68. The molecule has 2 amide bonds. The van der Waals surface area contributed by atoms with Gasteiger partial charge in [0.05, 0.1) is 13.2 Å². The number of halogens is 1. The Balaban J connectivity index is 1.50. The Labute approximate surface area is 168 Å². The number of ether oxygens (including phenoxy) is 1. The fraction of sp³-hybridized carbons (Fsp3) is 0.421. The van der Waals surface area contributed by atoms with Crippen LogP contribution in [0.2, 0.25) is 5.02 Å². The van der Waals surface area contributed by atoms with E-state index in [4.69, 9.17) is 20.9 Å². The van der Waals surface area contributed by atoms with Crippen LogP contribution in [0.5, 0.6) is 0 Å². The monoisotopic (exact) mass is 406 g/mol. The molecule has 8 nitrogen and oxygen atoms in total. The van der Waals surface area contributed by atoms with Crippen molar-refractivity contribution in [3.05, 3.63) is 41.0 Å². The predicted molar refractivity (Wildman–Crippen MR) is 104 cm³/mol. The molecule has 1 aromatic heterocycles. The van der Waals surface area contributed by atoms with E-state index in [1.807, 2.05) is 17.0 Å². The molecule has 0 aliphatic carbocycles. The lowest BCUT2D eigenvalue weighted by Gasteiger charge is -2.33. The summed E-state index contributed by atoms with van der Waals surface area (Å²) in [5.41, 5.74) is 1.08. The molecule has 2 aromatic rings. The van der Waals surface area contributed by atoms with Gasteiger partial charge in [-0.25, -0.2) is 0 Å². The molecule has 1 aliphatic rings. The highest BCUT2D eigenvalue weighted by atomic mass is 35.5. The van der Waals surface area contributed by atoms with Gasteiger partial charge in [0.1, 0.15) is 0 Å². The van der Waals surface area contributed by atoms with Crippen molar-refractivity contribution in [1.29, 1.82) is 0 Å². The van der Waals surface area contributed by atoms with Crippen LogP contribution in [0.1, 0.15) is 10.5 Å². The first-order chi connectivity index (χ1) is 13.6. The van der Waals surface area contributed by atoms with E-state index in [2.05, 4.69) is 10.5 Å².